The van der Waals surface area contributed by atoms with Crippen LogP contribution < -0.4 is 5.32 Å². The minimum atomic E-state index is 0.518. The molecule has 0 aliphatic heterocycles. The van der Waals surface area contributed by atoms with Crippen molar-refractivity contribution < 1.29 is 0 Å². The van der Waals surface area contributed by atoms with Crippen molar-refractivity contribution in [1.29, 1.82) is 0 Å². The van der Waals surface area contributed by atoms with Gasteiger partial charge in [0, 0.05) is 24.2 Å². The lowest BCUT2D eigenvalue weighted by atomic mass is 10.1. The Kier molecular flexibility index (Phi) is 3.91. The predicted octanol–water partition coefficient (Wildman–Crippen LogP) is 3.80. The van der Waals surface area contributed by atoms with Gasteiger partial charge in [-0.05, 0) is 29.6 Å². The molecule has 0 unspecified atom stereocenters. The zero-order valence-electron chi connectivity index (χ0n) is 12.5. The first-order chi connectivity index (χ1) is 11.9. The van der Waals surface area contributed by atoms with Gasteiger partial charge in [-0.1, -0.05) is 6.07 Å². The monoisotopic (exact) mass is 332 g/mol. The van der Waals surface area contributed by atoms with Crippen LogP contribution in [-0.4, -0.2) is 24.9 Å². The highest BCUT2D eigenvalue weighted by Gasteiger charge is 2.13. The maximum Gasteiger partial charge on any atom is 0.227 e. The highest BCUT2D eigenvalue weighted by atomic mass is 32.1. The van der Waals surface area contributed by atoms with Gasteiger partial charge in [-0.2, -0.15) is 0 Å². The van der Waals surface area contributed by atoms with Crippen LogP contribution in [0.15, 0.2) is 66.8 Å². The summed E-state index contributed by atoms with van der Waals surface area (Å²) in [6.45, 7) is 0. The fourth-order valence-electron chi connectivity index (χ4n) is 2.25. The van der Waals surface area contributed by atoms with Gasteiger partial charge in [-0.25, -0.2) is 19.9 Å². The summed E-state index contributed by atoms with van der Waals surface area (Å²) in [6, 6.07) is 9.66. The van der Waals surface area contributed by atoms with E-state index in [-0.39, 0.29) is 0 Å². The number of nitrogens with zero attached hydrogens (tertiary/aromatic N) is 5. The highest BCUT2D eigenvalue weighted by Crippen LogP contribution is 2.32. The molecular formula is C17H12N6S. The van der Waals surface area contributed by atoms with Gasteiger partial charge >= 0.3 is 0 Å². The normalized spacial score (nSPS) is 10.5. The molecule has 0 saturated carbocycles. The van der Waals surface area contributed by atoms with E-state index in [1.54, 1.807) is 36.1 Å². The van der Waals surface area contributed by atoms with Gasteiger partial charge in [0.2, 0.25) is 5.95 Å². The third kappa shape index (κ3) is 2.97. The summed E-state index contributed by atoms with van der Waals surface area (Å²) in [4.78, 5) is 22.5. The Labute approximate surface area is 142 Å². The van der Waals surface area contributed by atoms with E-state index in [0.29, 0.717) is 5.95 Å². The molecule has 0 spiro atoms. The molecule has 0 fully saturated rings. The SMILES string of the molecule is c1cncc(Nc2ncc(-c3ccncn3)c(-c3cccs3)n2)c1. The minimum Gasteiger partial charge on any atom is -0.323 e. The average Bonchev–Trinajstić information content (AvgIpc) is 3.18. The lowest BCUT2D eigenvalue weighted by Gasteiger charge is -2.09. The quantitative estimate of drug-likeness (QED) is 0.612. The van der Waals surface area contributed by atoms with E-state index in [9.17, 15) is 0 Å². The van der Waals surface area contributed by atoms with Crippen molar-refractivity contribution in [2.24, 2.45) is 0 Å². The molecule has 0 saturated heterocycles. The van der Waals surface area contributed by atoms with E-state index in [2.05, 4.69) is 30.2 Å². The highest BCUT2D eigenvalue weighted by molar-refractivity contribution is 7.13. The van der Waals surface area contributed by atoms with E-state index in [4.69, 9.17) is 0 Å². The van der Waals surface area contributed by atoms with Crippen LogP contribution in [0.25, 0.3) is 21.8 Å². The largest absolute Gasteiger partial charge is 0.323 e. The second-order valence-corrected chi connectivity index (χ2v) is 5.84. The van der Waals surface area contributed by atoms with Gasteiger partial charge < -0.3 is 5.32 Å². The van der Waals surface area contributed by atoms with Crippen LogP contribution >= 0.6 is 11.3 Å². The molecule has 6 nitrogen and oxygen atoms in total. The lowest BCUT2D eigenvalue weighted by Crippen LogP contribution is -2.00. The number of anilines is 2. The van der Waals surface area contributed by atoms with Crippen LogP contribution in [0, 0.1) is 0 Å². The summed E-state index contributed by atoms with van der Waals surface area (Å²) < 4.78 is 0. The minimum absolute atomic E-state index is 0.518. The number of hydrogen-bond acceptors (Lipinski definition) is 7. The number of pyridine rings is 1. The van der Waals surface area contributed by atoms with Gasteiger partial charge in [0.1, 0.15) is 6.33 Å². The Morgan fingerprint density at radius 3 is 2.67 bits per heavy atom. The number of nitrogens with one attached hydrogen (secondary N) is 1. The van der Waals surface area contributed by atoms with Crippen LogP contribution in [0.3, 0.4) is 0 Å². The number of hydrogen-bond donors (Lipinski definition) is 1. The zero-order chi connectivity index (χ0) is 16.2. The lowest BCUT2D eigenvalue weighted by molar-refractivity contribution is 1.14. The standard InChI is InChI=1S/C17H12N6S/c1-3-12(9-18-6-1)22-17-20-10-13(14-5-7-19-11-21-14)16(23-17)15-4-2-8-24-15/h1-11H,(H,20,22,23). The Bertz CT molecular complexity index is 926. The first-order valence-electron chi connectivity index (χ1n) is 7.24. The van der Waals surface area contributed by atoms with Crippen LogP contribution in [0.4, 0.5) is 11.6 Å². The molecule has 0 aliphatic carbocycles. The Morgan fingerprint density at radius 1 is 0.917 bits per heavy atom. The molecule has 7 heteroatoms. The topological polar surface area (TPSA) is 76.5 Å². The van der Waals surface area contributed by atoms with Crippen molar-refractivity contribution in [2.45, 2.75) is 0 Å². The third-order valence-corrected chi connectivity index (χ3v) is 4.20. The van der Waals surface area contributed by atoms with Crippen LogP contribution in [-0.2, 0) is 0 Å². The fourth-order valence-corrected chi connectivity index (χ4v) is 2.97. The smallest absolute Gasteiger partial charge is 0.227 e. The molecule has 0 aromatic carbocycles. The molecule has 0 amide bonds. The molecule has 0 bridgehead atoms. The Balaban J connectivity index is 1.78. The van der Waals surface area contributed by atoms with Crippen LogP contribution in [0.1, 0.15) is 0 Å². The summed E-state index contributed by atoms with van der Waals surface area (Å²) in [6.07, 6.45) is 8.47. The van der Waals surface area contributed by atoms with Gasteiger partial charge in [0.15, 0.2) is 0 Å². The molecule has 4 heterocycles. The van der Waals surface area contributed by atoms with E-state index in [1.165, 1.54) is 6.33 Å². The maximum atomic E-state index is 4.69. The van der Waals surface area contributed by atoms with Crippen molar-refractivity contribution in [2.75, 3.05) is 5.32 Å². The van der Waals surface area contributed by atoms with Crippen molar-refractivity contribution >= 4 is 23.0 Å². The summed E-state index contributed by atoms with van der Waals surface area (Å²) in [5.74, 6) is 0.518. The summed E-state index contributed by atoms with van der Waals surface area (Å²) >= 11 is 1.63. The molecule has 0 aliphatic rings. The second kappa shape index (κ2) is 6.51. The number of thiophene rings is 1. The van der Waals surface area contributed by atoms with E-state index < -0.39 is 0 Å². The van der Waals surface area contributed by atoms with Crippen molar-refractivity contribution in [3.05, 3.63) is 66.8 Å². The van der Waals surface area contributed by atoms with E-state index >= 15 is 0 Å². The molecule has 24 heavy (non-hydrogen) atoms. The summed E-state index contributed by atoms with van der Waals surface area (Å²) in [7, 11) is 0. The fraction of sp³-hybridized carbons (Fsp3) is 0. The molecule has 4 rings (SSSR count). The van der Waals surface area contributed by atoms with Crippen molar-refractivity contribution in [1.82, 2.24) is 24.9 Å². The van der Waals surface area contributed by atoms with Gasteiger partial charge in [-0.3, -0.25) is 4.98 Å². The van der Waals surface area contributed by atoms with Gasteiger partial charge in [0.25, 0.3) is 0 Å². The van der Waals surface area contributed by atoms with Crippen molar-refractivity contribution in [3.63, 3.8) is 0 Å². The average molecular weight is 332 g/mol. The van der Waals surface area contributed by atoms with Crippen molar-refractivity contribution in [3.8, 4) is 21.8 Å². The maximum absolute atomic E-state index is 4.69. The molecule has 0 radical (unpaired) electrons. The zero-order valence-corrected chi connectivity index (χ0v) is 13.3. The van der Waals surface area contributed by atoms with E-state index in [1.807, 2.05) is 35.7 Å². The number of rotatable bonds is 4. The van der Waals surface area contributed by atoms with E-state index in [0.717, 1.165) is 27.5 Å². The first kappa shape index (κ1) is 14.4. The number of aromatic nitrogens is 5. The molecule has 4 aromatic rings. The molecular weight excluding hydrogens is 320 g/mol. The predicted molar refractivity (Wildman–Crippen MR) is 93.9 cm³/mol. The Morgan fingerprint density at radius 2 is 1.92 bits per heavy atom. The molecule has 4 aromatic heterocycles. The third-order valence-electron chi connectivity index (χ3n) is 3.32. The summed E-state index contributed by atoms with van der Waals surface area (Å²) in [5.41, 5.74) is 3.34. The van der Waals surface area contributed by atoms with Crippen LogP contribution in [0.2, 0.25) is 0 Å². The molecule has 1 N–H and O–H groups in total. The second-order valence-electron chi connectivity index (χ2n) is 4.89. The first-order valence-corrected chi connectivity index (χ1v) is 8.12. The summed E-state index contributed by atoms with van der Waals surface area (Å²) in [5, 5.41) is 5.20. The Hall–Kier alpha value is -3.19. The molecule has 116 valence electrons. The van der Waals surface area contributed by atoms with Gasteiger partial charge in [-0.15, -0.1) is 11.3 Å². The molecule has 0 atom stereocenters. The van der Waals surface area contributed by atoms with Gasteiger partial charge in [0.05, 0.1) is 28.1 Å². The van der Waals surface area contributed by atoms with Crippen LogP contribution in [0.5, 0.6) is 0 Å².